The molecule has 0 saturated carbocycles. The van der Waals surface area contributed by atoms with Crippen LogP contribution >= 0.6 is 27.3 Å². The summed E-state index contributed by atoms with van der Waals surface area (Å²) in [5.41, 5.74) is 0.860. The van der Waals surface area contributed by atoms with E-state index in [1.54, 1.807) is 16.6 Å². The van der Waals surface area contributed by atoms with Crippen LogP contribution in [0.2, 0.25) is 0 Å². The molecule has 0 aliphatic carbocycles. The van der Waals surface area contributed by atoms with Crippen LogP contribution in [0.15, 0.2) is 22.7 Å². The van der Waals surface area contributed by atoms with Gasteiger partial charge in [-0.1, -0.05) is 25.2 Å². The van der Waals surface area contributed by atoms with Gasteiger partial charge in [0, 0.05) is 11.5 Å². The van der Waals surface area contributed by atoms with Crippen molar-refractivity contribution in [3.8, 4) is 10.6 Å². The normalized spacial score (nSPS) is 11.6. The summed E-state index contributed by atoms with van der Waals surface area (Å²) >= 11 is 4.62. The molecule has 0 aliphatic heterocycles. The van der Waals surface area contributed by atoms with E-state index in [0.717, 1.165) is 21.4 Å². The number of hydrogen-bond acceptors (Lipinski definition) is 4. The van der Waals surface area contributed by atoms with Crippen LogP contribution in [-0.2, 0) is 0 Å². The molecule has 0 bridgehead atoms. The minimum atomic E-state index is -0.283. The lowest BCUT2D eigenvalue weighted by molar-refractivity contribution is 0.621. The molecule has 0 amide bonds. The molecule has 1 aromatic carbocycles. The lowest BCUT2D eigenvalue weighted by Crippen LogP contribution is -1.97. The molecule has 0 fully saturated rings. The van der Waals surface area contributed by atoms with E-state index in [9.17, 15) is 4.39 Å². The largest absolute Gasteiger partial charge is 0.234 e. The van der Waals surface area contributed by atoms with Crippen molar-refractivity contribution in [2.75, 3.05) is 0 Å². The summed E-state index contributed by atoms with van der Waals surface area (Å²) < 4.78 is 15.4. The van der Waals surface area contributed by atoms with E-state index in [1.807, 2.05) is 13.8 Å². The maximum Gasteiger partial charge on any atom is 0.234 e. The fraction of sp³-hybridized carbons (Fsp3) is 0.250. The number of fused-ring (bicyclic) bond motifs is 1. The fourth-order valence-electron chi connectivity index (χ4n) is 1.74. The van der Waals surface area contributed by atoms with Gasteiger partial charge < -0.3 is 0 Å². The lowest BCUT2D eigenvalue weighted by Gasteiger charge is -1.99. The summed E-state index contributed by atoms with van der Waals surface area (Å²) in [6.45, 7) is 4.09. The molecule has 0 atom stereocenters. The molecule has 0 N–H and O–H groups in total. The first-order chi connectivity index (χ1) is 9.06. The molecule has 7 heteroatoms. The molecule has 19 heavy (non-hydrogen) atoms. The molecular formula is C12H10BrFN4S. The summed E-state index contributed by atoms with van der Waals surface area (Å²) in [7, 11) is 0. The molecule has 2 aromatic heterocycles. The molecule has 0 unspecified atom stereocenters. The number of benzene rings is 1. The van der Waals surface area contributed by atoms with Crippen molar-refractivity contribution in [1.82, 2.24) is 19.8 Å². The molecule has 0 spiro atoms. The Morgan fingerprint density at radius 3 is 2.79 bits per heavy atom. The van der Waals surface area contributed by atoms with Gasteiger partial charge in [0.2, 0.25) is 4.96 Å². The predicted octanol–water partition coefficient (Wildman–Crippen LogP) is 3.88. The number of hydrogen-bond donors (Lipinski definition) is 0. The van der Waals surface area contributed by atoms with E-state index in [1.165, 1.54) is 17.4 Å². The first-order valence-electron chi connectivity index (χ1n) is 5.74. The average molecular weight is 341 g/mol. The summed E-state index contributed by atoms with van der Waals surface area (Å²) in [5, 5.41) is 13.5. The summed E-state index contributed by atoms with van der Waals surface area (Å²) in [6.07, 6.45) is 0. The predicted molar refractivity (Wildman–Crippen MR) is 75.8 cm³/mol. The number of nitrogens with zero attached hydrogens (tertiary/aromatic N) is 4. The highest BCUT2D eigenvalue weighted by Crippen LogP contribution is 2.29. The third-order valence-corrected chi connectivity index (χ3v) is 4.25. The lowest BCUT2D eigenvalue weighted by atomic mass is 10.2. The number of aromatic nitrogens is 4. The molecular weight excluding hydrogens is 331 g/mol. The maximum atomic E-state index is 13.2. The Kier molecular flexibility index (Phi) is 3.10. The average Bonchev–Trinajstić information content (AvgIpc) is 2.91. The molecule has 3 rings (SSSR count). The second-order valence-electron chi connectivity index (χ2n) is 4.44. The standard InChI is InChI=1S/C12H10BrFN4S/c1-6(2)10-15-16-12-18(10)17-11(19-12)7-3-4-9(14)8(13)5-7/h3-6H,1-2H3. The van der Waals surface area contributed by atoms with E-state index in [0.29, 0.717) is 4.47 Å². The van der Waals surface area contributed by atoms with Crippen molar-refractivity contribution in [2.24, 2.45) is 0 Å². The zero-order valence-electron chi connectivity index (χ0n) is 10.3. The van der Waals surface area contributed by atoms with Crippen LogP contribution < -0.4 is 0 Å². The Bertz CT molecular complexity index is 749. The van der Waals surface area contributed by atoms with Crippen LogP contribution in [0.5, 0.6) is 0 Å². The highest BCUT2D eigenvalue weighted by Gasteiger charge is 2.15. The molecule has 0 saturated heterocycles. The van der Waals surface area contributed by atoms with E-state index in [4.69, 9.17) is 0 Å². The van der Waals surface area contributed by atoms with Crippen molar-refractivity contribution in [3.63, 3.8) is 0 Å². The molecule has 0 radical (unpaired) electrons. The highest BCUT2D eigenvalue weighted by atomic mass is 79.9. The first kappa shape index (κ1) is 12.7. The molecule has 2 heterocycles. The van der Waals surface area contributed by atoms with Crippen molar-refractivity contribution in [2.45, 2.75) is 19.8 Å². The minimum Gasteiger partial charge on any atom is -0.206 e. The van der Waals surface area contributed by atoms with Crippen LogP contribution in [0.3, 0.4) is 0 Å². The van der Waals surface area contributed by atoms with Crippen LogP contribution in [0.25, 0.3) is 15.5 Å². The van der Waals surface area contributed by atoms with Gasteiger partial charge >= 0.3 is 0 Å². The van der Waals surface area contributed by atoms with Crippen LogP contribution in [0, 0.1) is 5.82 Å². The molecule has 4 nitrogen and oxygen atoms in total. The summed E-state index contributed by atoms with van der Waals surface area (Å²) in [4.78, 5) is 0.749. The second kappa shape index (κ2) is 4.64. The van der Waals surface area contributed by atoms with Gasteiger partial charge in [-0.15, -0.1) is 10.2 Å². The van der Waals surface area contributed by atoms with E-state index in [-0.39, 0.29) is 11.7 Å². The van der Waals surface area contributed by atoms with Crippen LogP contribution in [-0.4, -0.2) is 19.8 Å². The zero-order chi connectivity index (χ0) is 13.6. The van der Waals surface area contributed by atoms with Crippen LogP contribution in [0.1, 0.15) is 25.6 Å². The SMILES string of the molecule is CC(C)c1nnc2sc(-c3ccc(F)c(Br)c3)nn12. The second-order valence-corrected chi connectivity index (χ2v) is 6.25. The Morgan fingerprint density at radius 1 is 1.32 bits per heavy atom. The van der Waals surface area contributed by atoms with Gasteiger partial charge in [0.25, 0.3) is 0 Å². The Hall–Kier alpha value is -1.34. The van der Waals surface area contributed by atoms with Gasteiger partial charge in [-0.25, -0.2) is 4.39 Å². The molecule has 0 aliphatic rings. The van der Waals surface area contributed by atoms with E-state index >= 15 is 0 Å². The van der Waals surface area contributed by atoms with E-state index in [2.05, 4.69) is 31.2 Å². The highest BCUT2D eigenvalue weighted by molar-refractivity contribution is 9.10. The van der Waals surface area contributed by atoms with Gasteiger partial charge in [0.05, 0.1) is 4.47 Å². The fourth-order valence-corrected chi connectivity index (χ4v) is 2.96. The van der Waals surface area contributed by atoms with Gasteiger partial charge in [-0.2, -0.15) is 9.61 Å². The van der Waals surface area contributed by atoms with Crippen LogP contribution in [0.4, 0.5) is 4.39 Å². The van der Waals surface area contributed by atoms with Crippen molar-refractivity contribution in [1.29, 1.82) is 0 Å². The summed E-state index contributed by atoms with van der Waals surface area (Å²) in [6, 6.07) is 4.85. The topological polar surface area (TPSA) is 43.1 Å². The van der Waals surface area contributed by atoms with Crippen molar-refractivity contribution in [3.05, 3.63) is 34.3 Å². The van der Waals surface area contributed by atoms with Crippen molar-refractivity contribution >= 4 is 32.2 Å². The maximum absolute atomic E-state index is 13.2. The number of halogens is 2. The molecule has 3 aromatic rings. The monoisotopic (exact) mass is 340 g/mol. The van der Waals surface area contributed by atoms with Gasteiger partial charge in [0.1, 0.15) is 10.8 Å². The first-order valence-corrected chi connectivity index (χ1v) is 7.35. The summed E-state index contributed by atoms with van der Waals surface area (Å²) in [5.74, 6) is 0.804. The minimum absolute atomic E-state index is 0.255. The Balaban J connectivity index is 2.12. The van der Waals surface area contributed by atoms with Gasteiger partial charge in [-0.3, -0.25) is 0 Å². The van der Waals surface area contributed by atoms with Gasteiger partial charge in [-0.05, 0) is 34.1 Å². The quantitative estimate of drug-likeness (QED) is 0.711. The van der Waals surface area contributed by atoms with Crippen molar-refractivity contribution < 1.29 is 4.39 Å². The van der Waals surface area contributed by atoms with E-state index < -0.39 is 0 Å². The Labute approximate surface area is 121 Å². The number of rotatable bonds is 2. The zero-order valence-corrected chi connectivity index (χ0v) is 12.7. The molecule has 98 valence electrons. The smallest absolute Gasteiger partial charge is 0.206 e. The Morgan fingerprint density at radius 2 is 2.11 bits per heavy atom. The van der Waals surface area contributed by atoms with Gasteiger partial charge in [0.15, 0.2) is 5.82 Å². The third-order valence-electron chi connectivity index (χ3n) is 2.70. The third kappa shape index (κ3) is 2.17.